The lowest BCUT2D eigenvalue weighted by atomic mass is 10.2. The molecule has 94 valence electrons. The highest BCUT2D eigenvalue weighted by atomic mass is 16.3. The molecule has 0 spiro atoms. The average molecular weight is 237 g/mol. The summed E-state index contributed by atoms with van der Waals surface area (Å²) < 4.78 is 0. The number of carbonyl (C=O) groups is 1. The van der Waals surface area contributed by atoms with Gasteiger partial charge in [0.2, 0.25) is 0 Å². The van der Waals surface area contributed by atoms with E-state index < -0.39 is 0 Å². The summed E-state index contributed by atoms with van der Waals surface area (Å²) >= 11 is 0. The molecular formula is C12H19N3O2. The van der Waals surface area contributed by atoms with Gasteiger partial charge in [-0.05, 0) is 18.6 Å². The van der Waals surface area contributed by atoms with Gasteiger partial charge in [0.05, 0.1) is 0 Å². The summed E-state index contributed by atoms with van der Waals surface area (Å²) in [5.74, 6) is -0.109. The van der Waals surface area contributed by atoms with Crippen LogP contribution in [-0.2, 0) is 0 Å². The first-order chi connectivity index (χ1) is 8.06. The molecule has 5 nitrogen and oxygen atoms in total. The lowest BCUT2D eigenvalue weighted by Gasteiger charge is -2.19. The molecule has 0 aromatic carbocycles. The molecule has 0 aliphatic heterocycles. The van der Waals surface area contributed by atoms with Crippen molar-refractivity contribution in [1.82, 2.24) is 9.88 Å². The molecule has 17 heavy (non-hydrogen) atoms. The van der Waals surface area contributed by atoms with E-state index in [1.54, 1.807) is 26.4 Å². The number of rotatable bonds is 5. The van der Waals surface area contributed by atoms with E-state index in [4.69, 9.17) is 5.11 Å². The average Bonchev–Trinajstić information content (AvgIpc) is 2.35. The van der Waals surface area contributed by atoms with Crippen molar-refractivity contribution in [1.29, 1.82) is 0 Å². The van der Waals surface area contributed by atoms with Gasteiger partial charge < -0.3 is 14.9 Å². The van der Waals surface area contributed by atoms with Crippen LogP contribution in [0.1, 0.15) is 16.9 Å². The SMILES string of the molecule is CN(C)C(=O)c1cc(N(C)CCCO)ccn1. The summed E-state index contributed by atoms with van der Waals surface area (Å²) in [5, 5.41) is 8.78. The molecule has 5 heteroatoms. The topological polar surface area (TPSA) is 56.7 Å². The summed E-state index contributed by atoms with van der Waals surface area (Å²) in [6.45, 7) is 0.912. The van der Waals surface area contributed by atoms with Crippen molar-refractivity contribution in [3.63, 3.8) is 0 Å². The molecule has 0 aliphatic carbocycles. The Balaban J connectivity index is 2.82. The third kappa shape index (κ3) is 3.71. The second-order valence-electron chi connectivity index (χ2n) is 4.10. The molecule has 0 saturated heterocycles. The molecule has 0 atom stereocenters. The van der Waals surface area contributed by atoms with Crippen molar-refractivity contribution in [3.8, 4) is 0 Å². The van der Waals surface area contributed by atoms with Crippen molar-refractivity contribution >= 4 is 11.6 Å². The van der Waals surface area contributed by atoms with Crippen LogP contribution in [0.4, 0.5) is 5.69 Å². The molecule has 0 bridgehead atoms. The van der Waals surface area contributed by atoms with E-state index in [2.05, 4.69) is 4.98 Å². The molecule has 0 unspecified atom stereocenters. The van der Waals surface area contributed by atoms with Crippen molar-refractivity contribution in [2.75, 3.05) is 39.2 Å². The maximum atomic E-state index is 11.7. The predicted molar refractivity (Wildman–Crippen MR) is 67.2 cm³/mol. The summed E-state index contributed by atoms with van der Waals surface area (Å²) in [6.07, 6.45) is 2.33. The van der Waals surface area contributed by atoms with Gasteiger partial charge >= 0.3 is 0 Å². The van der Waals surface area contributed by atoms with Crippen molar-refractivity contribution in [2.45, 2.75) is 6.42 Å². The van der Waals surface area contributed by atoms with Gasteiger partial charge in [0.1, 0.15) is 5.69 Å². The number of aliphatic hydroxyl groups excluding tert-OH is 1. The van der Waals surface area contributed by atoms with E-state index in [1.165, 1.54) is 4.90 Å². The third-order valence-corrected chi connectivity index (χ3v) is 2.46. The van der Waals surface area contributed by atoms with Crippen LogP contribution in [-0.4, -0.2) is 55.2 Å². The van der Waals surface area contributed by atoms with Gasteiger partial charge in [-0.15, -0.1) is 0 Å². The number of hydrogen-bond donors (Lipinski definition) is 1. The Morgan fingerprint density at radius 1 is 1.41 bits per heavy atom. The Morgan fingerprint density at radius 3 is 2.71 bits per heavy atom. The smallest absolute Gasteiger partial charge is 0.272 e. The molecule has 0 saturated carbocycles. The molecule has 0 radical (unpaired) electrons. The van der Waals surface area contributed by atoms with Crippen molar-refractivity contribution in [3.05, 3.63) is 24.0 Å². The fourth-order valence-corrected chi connectivity index (χ4v) is 1.44. The first-order valence-electron chi connectivity index (χ1n) is 5.56. The van der Waals surface area contributed by atoms with Crippen LogP contribution < -0.4 is 4.90 Å². The number of aliphatic hydroxyl groups is 1. The Kier molecular flexibility index (Phi) is 4.90. The zero-order valence-corrected chi connectivity index (χ0v) is 10.6. The highest BCUT2D eigenvalue weighted by molar-refractivity contribution is 5.92. The molecule has 1 heterocycles. The Morgan fingerprint density at radius 2 is 2.12 bits per heavy atom. The lowest BCUT2D eigenvalue weighted by molar-refractivity contribution is 0.0822. The monoisotopic (exact) mass is 237 g/mol. The zero-order valence-electron chi connectivity index (χ0n) is 10.6. The normalized spacial score (nSPS) is 10.1. The van der Waals surface area contributed by atoms with Crippen LogP contribution >= 0.6 is 0 Å². The summed E-state index contributed by atoms with van der Waals surface area (Å²) in [7, 11) is 5.33. The zero-order chi connectivity index (χ0) is 12.8. The number of carbonyl (C=O) groups excluding carboxylic acids is 1. The van der Waals surface area contributed by atoms with E-state index in [0.717, 1.165) is 12.2 Å². The molecule has 1 amide bonds. The van der Waals surface area contributed by atoms with Gasteiger partial charge in [-0.25, -0.2) is 0 Å². The number of pyridine rings is 1. The largest absolute Gasteiger partial charge is 0.396 e. The highest BCUT2D eigenvalue weighted by Gasteiger charge is 2.11. The van der Waals surface area contributed by atoms with Gasteiger partial charge in [0.15, 0.2) is 0 Å². The molecule has 1 N–H and O–H groups in total. The number of aromatic nitrogens is 1. The fraction of sp³-hybridized carbons (Fsp3) is 0.500. The number of amides is 1. The third-order valence-electron chi connectivity index (χ3n) is 2.46. The summed E-state index contributed by atoms with van der Waals surface area (Å²) in [6, 6.07) is 3.61. The number of nitrogens with zero attached hydrogens (tertiary/aromatic N) is 3. The van der Waals surface area contributed by atoms with E-state index in [0.29, 0.717) is 12.1 Å². The Labute approximate surface area is 102 Å². The Hall–Kier alpha value is -1.62. The van der Waals surface area contributed by atoms with Gasteiger partial charge in [0.25, 0.3) is 5.91 Å². The van der Waals surface area contributed by atoms with Crippen LogP contribution in [0, 0.1) is 0 Å². The maximum absolute atomic E-state index is 11.7. The molecular weight excluding hydrogens is 218 g/mol. The minimum atomic E-state index is -0.109. The van der Waals surface area contributed by atoms with E-state index >= 15 is 0 Å². The summed E-state index contributed by atoms with van der Waals surface area (Å²) in [4.78, 5) is 19.3. The van der Waals surface area contributed by atoms with Gasteiger partial charge in [-0.3, -0.25) is 9.78 Å². The number of anilines is 1. The molecule has 1 rings (SSSR count). The van der Waals surface area contributed by atoms with Crippen molar-refractivity contribution < 1.29 is 9.90 Å². The van der Waals surface area contributed by atoms with Crippen LogP contribution in [0.3, 0.4) is 0 Å². The second kappa shape index (κ2) is 6.20. The molecule has 0 aliphatic rings. The van der Waals surface area contributed by atoms with Gasteiger partial charge in [-0.2, -0.15) is 0 Å². The lowest BCUT2D eigenvalue weighted by Crippen LogP contribution is -2.24. The van der Waals surface area contributed by atoms with Gasteiger partial charge in [-0.1, -0.05) is 0 Å². The summed E-state index contributed by atoms with van der Waals surface area (Å²) in [5.41, 5.74) is 1.36. The molecule has 1 aromatic heterocycles. The Bertz CT molecular complexity index is 380. The van der Waals surface area contributed by atoms with Crippen LogP contribution in [0.25, 0.3) is 0 Å². The van der Waals surface area contributed by atoms with Crippen LogP contribution in [0.15, 0.2) is 18.3 Å². The van der Waals surface area contributed by atoms with E-state index in [-0.39, 0.29) is 12.5 Å². The van der Waals surface area contributed by atoms with Crippen LogP contribution in [0.5, 0.6) is 0 Å². The quantitative estimate of drug-likeness (QED) is 0.815. The van der Waals surface area contributed by atoms with Crippen molar-refractivity contribution in [2.24, 2.45) is 0 Å². The molecule has 1 aromatic rings. The predicted octanol–water partition coefficient (Wildman–Crippen LogP) is 0.602. The van der Waals surface area contributed by atoms with Crippen LogP contribution in [0.2, 0.25) is 0 Å². The van der Waals surface area contributed by atoms with Gasteiger partial charge in [0, 0.05) is 46.2 Å². The second-order valence-corrected chi connectivity index (χ2v) is 4.10. The highest BCUT2D eigenvalue weighted by Crippen LogP contribution is 2.13. The van der Waals surface area contributed by atoms with E-state index in [1.807, 2.05) is 18.0 Å². The standard InChI is InChI=1S/C12H19N3O2/c1-14(2)12(17)11-9-10(5-6-13-11)15(3)7-4-8-16/h5-6,9,16H,4,7-8H2,1-3H3. The first-order valence-corrected chi connectivity index (χ1v) is 5.56. The minimum Gasteiger partial charge on any atom is -0.396 e. The first kappa shape index (κ1) is 13.4. The molecule has 0 fully saturated rings. The van der Waals surface area contributed by atoms with E-state index in [9.17, 15) is 4.79 Å². The maximum Gasteiger partial charge on any atom is 0.272 e. The number of hydrogen-bond acceptors (Lipinski definition) is 4. The minimum absolute atomic E-state index is 0.109. The fourth-order valence-electron chi connectivity index (χ4n) is 1.44.